The molecule has 2 aromatic carbocycles. The molecule has 1 atom stereocenters. The number of hydrogen-bond donors (Lipinski definition) is 1. The highest BCUT2D eigenvalue weighted by atomic mass is 19.4. The van der Waals surface area contributed by atoms with Gasteiger partial charge in [0.2, 0.25) is 0 Å². The number of halogens is 3. The first kappa shape index (κ1) is 19.6. The zero-order valence-electron chi connectivity index (χ0n) is 15.7. The monoisotopic (exact) mass is 415 g/mol. The van der Waals surface area contributed by atoms with Crippen LogP contribution >= 0.6 is 0 Å². The molecule has 0 fully saturated rings. The van der Waals surface area contributed by atoms with Crippen LogP contribution in [-0.4, -0.2) is 24.4 Å². The molecule has 1 aliphatic rings. The van der Waals surface area contributed by atoms with Gasteiger partial charge in [-0.05, 0) is 60.7 Å². The van der Waals surface area contributed by atoms with Gasteiger partial charge >= 0.3 is 6.36 Å². The van der Waals surface area contributed by atoms with Gasteiger partial charge in [-0.15, -0.1) is 13.2 Å². The molecule has 1 aromatic heterocycles. The lowest BCUT2D eigenvalue weighted by atomic mass is 10.2. The number of benzene rings is 2. The molecular weight excluding hydrogens is 399 g/mol. The van der Waals surface area contributed by atoms with Crippen molar-refractivity contribution >= 4 is 17.3 Å². The van der Waals surface area contributed by atoms with E-state index in [4.69, 9.17) is 4.74 Å². The van der Waals surface area contributed by atoms with Gasteiger partial charge in [-0.25, -0.2) is 0 Å². The summed E-state index contributed by atoms with van der Waals surface area (Å²) < 4.78 is 46.2. The minimum Gasteiger partial charge on any atom is -0.497 e. The number of alkyl halides is 3. The highest BCUT2D eigenvalue weighted by Crippen LogP contribution is 2.37. The van der Waals surface area contributed by atoms with Crippen LogP contribution in [0.25, 0.3) is 0 Å². The summed E-state index contributed by atoms with van der Waals surface area (Å²) in [6.45, 7) is 0. The smallest absolute Gasteiger partial charge is 0.497 e. The van der Waals surface area contributed by atoms with Crippen LogP contribution in [0, 0.1) is 0 Å². The largest absolute Gasteiger partial charge is 0.573 e. The summed E-state index contributed by atoms with van der Waals surface area (Å²) >= 11 is 0. The number of fused-ring (bicyclic) bond motifs is 1. The van der Waals surface area contributed by atoms with Gasteiger partial charge < -0.3 is 14.8 Å². The number of amides is 1. The summed E-state index contributed by atoms with van der Waals surface area (Å²) in [7, 11) is 1.55. The molecule has 0 radical (unpaired) electrons. The number of nitrogens with one attached hydrogen (secondary N) is 1. The molecule has 6 nitrogen and oxygen atoms in total. The lowest BCUT2D eigenvalue weighted by Gasteiger charge is -2.26. The molecule has 0 bridgehead atoms. The van der Waals surface area contributed by atoms with E-state index in [0.717, 1.165) is 0 Å². The number of anilines is 2. The number of nitrogens with zero attached hydrogens (tertiary/aromatic N) is 2. The second kappa shape index (κ2) is 7.58. The van der Waals surface area contributed by atoms with Gasteiger partial charge in [0.15, 0.2) is 6.17 Å². The van der Waals surface area contributed by atoms with Crippen LogP contribution in [0.15, 0.2) is 66.9 Å². The van der Waals surface area contributed by atoms with Crippen molar-refractivity contribution < 1.29 is 27.4 Å². The molecule has 9 heteroatoms. The van der Waals surface area contributed by atoms with Crippen molar-refractivity contribution in [3.8, 4) is 11.5 Å². The first-order valence-corrected chi connectivity index (χ1v) is 8.90. The highest BCUT2D eigenvalue weighted by molar-refractivity contribution is 6.11. The number of aromatic nitrogens is 1. The summed E-state index contributed by atoms with van der Waals surface area (Å²) in [4.78, 5) is 18.9. The predicted octanol–water partition coefficient (Wildman–Crippen LogP) is 4.76. The molecule has 1 amide bonds. The Morgan fingerprint density at radius 1 is 1.00 bits per heavy atom. The Labute approximate surface area is 169 Å². The van der Waals surface area contributed by atoms with E-state index < -0.39 is 12.5 Å². The van der Waals surface area contributed by atoms with Gasteiger partial charge in [-0.2, -0.15) is 0 Å². The average molecular weight is 415 g/mol. The fourth-order valence-corrected chi connectivity index (χ4v) is 3.24. The first-order valence-electron chi connectivity index (χ1n) is 8.90. The fraction of sp³-hybridized carbons (Fsp3) is 0.143. The van der Waals surface area contributed by atoms with Crippen LogP contribution < -0.4 is 19.7 Å². The summed E-state index contributed by atoms with van der Waals surface area (Å²) in [5, 5.41) is 3.17. The zero-order chi connectivity index (χ0) is 21.3. The number of hydrogen-bond acceptors (Lipinski definition) is 5. The molecule has 1 N–H and O–H groups in total. The Kier molecular flexibility index (Phi) is 4.94. The second-order valence-corrected chi connectivity index (χ2v) is 6.43. The van der Waals surface area contributed by atoms with Crippen LogP contribution in [-0.2, 0) is 0 Å². The SMILES string of the molecule is COc1ccc(N2C(=O)c3cccnc3C2Nc2ccc(OC(F)(F)F)cc2)cc1. The maximum atomic E-state index is 13.0. The van der Waals surface area contributed by atoms with Crippen molar-refractivity contribution in [1.29, 1.82) is 0 Å². The number of carbonyl (C=O) groups excluding carboxylic acids is 1. The third-order valence-corrected chi connectivity index (χ3v) is 4.55. The van der Waals surface area contributed by atoms with E-state index in [9.17, 15) is 18.0 Å². The van der Waals surface area contributed by atoms with Gasteiger partial charge in [0.05, 0.1) is 18.4 Å². The van der Waals surface area contributed by atoms with E-state index in [0.29, 0.717) is 28.4 Å². The molecule has 0 saturated carbocycles. The van der Waals surface area contributed by atoms with E-state index in [-0.39, 0.29) is 11.7 Å². The van der Waals surface area contributed by atoms with Crippen molar-refractivity contribution in [2.45, 2.75) is 12.5 Å². The number of rotatable bonds is 5. The zero-order valence-corrected chi connectivity index (χ0v) is 15.7. The Bertz CT molecular complexity index is 1050. The molecule has 0 aliphatic carbocycles. The van der Waals surface area contributed by atoms with Crippen molar-refractivity contribution in [3.63, 3.8) is 0 Å². The van der Waals surface area contributed by atoms with E-state index in [1.54, 1.807) is 49.7 Å². The van der Waals surface area contributed by atoms with Crippen LogP contribution in [0.1, 0.15) is 22.2 Å². The van der Waals surface area contributed by atoms with Crippen LogP contribution in [0.5, 0.6) is 11.5 Å². The Morgan fingerprint density at radius 2 is 1.67 bits per heavy atom. The average Bonchev–Trinajstić information content (AvgIpc) is 3.00. The van der Waals surface area contributed by atoms with Crippen LogP contribution in [0.2, 0.25) is 0 Å². The number of ether oxygens (including phenoxy) is 2. The summed E-state index contributed by atoms with van der Waals surface area (Å²) in [6, 6.07) is 15.6. The Morgan fingerprint density at radius 3 is 2.30 bits per heavy atom. The number of pyridine rings is 1. The third-order valence-electron chi connectivity index (χ3n) is 4.55. The minimum atomic E-state index is -4.76. The molecule has 4 rings (SSSR count). The number of methoxy groups -OCH3 is 1. The summed E-state index contributed by atoms with van der Waals surface area (Å²) in [5.41, 5.74) is 2.09. The lowest BCUT2D eigenvalue weighted by molar-refractivity contribution is -0.274. The Hall–Kier alpha value is -3.75. The minimum absolute atomic E-state index is 0.238. The van der Waals surface area contributed by atoms with Gasteiger partial charge in [-0.3, -0.25) is 14.7 Å². The maximum absolute atomic E-state index is 13.0. The first-order chi connectivity index (χ1) is 14.4. The van der Waals surface area contributed by atoms with Gasteiger partial charge in [0, 0.05) is 17.6 Å². The molecule has 3 aromatic rings. The molecule has 30 heavy (non-hydrogen) atoms. The quantitative estimate of drug-likeness (QED) is 0.651. The number of carbonyl (C=O) groups is 1. The van der Waals surface area contributed by atoms with Crippen molar-refractivity contribution in [1.82, 2.24) is 4.98 Å². The van der Waals surface area contributed by atoms with Gasteiger partial charge in [0.25, 0.3) is 5.91 Å². The summed E-state index contributed by atoms with van der Waals surface area (Å²) in [6.07, 6.45) is -3.82. The highest BCUT2D eigenvalue weighted by Gasteiger charge is 2.39. The molecule has 0 spiro atoms. The molecule has 1 unspecified atom stereocenters. The van der Waals surface area contributed by atoms with Crippen molar-refractivity contribution in [2.24, 2.45) is 0 Å². The normalized spacial score (nSPS) is 15.7. The maximum Gasteiger partial charge on any atom is 0.573 e. The van der Waals surface area contributed by atoms with E-state index >= 15 is 0 Å². The standard InChI is InChI=1S/C21H16F3N3O3/c1-29-15-10-6-14(7-11-15)27-19(18-17(20(27)28)3-2-12-25-18)26-13-4-8-16(9-5-13)30-21(22,23)24/h2-12,19,26H,1H3. The topological polar surface area (TPSA) is 63.7 Å². The lowest BCUT2D eigenvalue weighted by Crippen LogP contribution is -2.32. The molecule has 1 aliphatic heterocycles. The summed E-state index contributed by atoms with van der Waals surface area (Å²) in [5.74, 6) is 0.0738. The van der Waals surface area contributed by atoms with Crippen molar-refractivity contribution in [3.05, 3.63) is 78.1 Å². The Balaban J connectivity index is 1.65. The second-order valence-electron chi connectivity index (χ2n) is 6.43. The van der Waals surface area contributed by atoms with E-state index in [2.05, 4.69) is 15.0 Å². The fourth-order valence-electron chi connectivity index (χ4n) is 3.24. The van der Waals surface area contributed by atoms with Gasteiger partial charge in [-0.1, -0.05) is 0 Å². The van der Waals surface area contributed by atoms with Crippen LogP contribution in [0.4, 0.5) is 24.5 Å². The molecular formula is C21H16F3N3O3. The van der Waals surface area contributed by atoms with Crippen LogP contribution in [0.3, 0.4) is 0 Å². The predicted molar refractivity (Wildman–Crippen MR) is 104 cm³/mol. The molecule has 2 heterocycles. The third kappa shape index (κ3) is 3.86. The van der Waals surface area contributed by atoms with E-state index in [1.165, 1.54) is 29.2 Å². The van der Waals surface area contributed by atoms with Gasteiger partial charge in [0.1, 0.15) is 11.5 Å². The van der Waals surface area contributed by atoms with Crippen molar-refractivity contribution in [2.75, 3.05) is 17.3 Å². The van der Waals surface area contributed by atoms with E-state index in [1.807, 2.05) is 0 Å². The molecule has 0 saturated heterocycles. The molecule has 154 valence electrons.